The molecule has 0 aliphatic rings. The molecule has 0 amide bonds. The van der Waals surface area contributed by atoms with Crippen LogP contribution in [0.2, 0.25) is 0 Å². The summed E-state index contributed by atoms with van der Waals surface area (Å²) in [5.74, 6) is 0. The quantitative estimate of drug-likeness (QED) is 0.599. The van der Waals surface area contributed by atoms with Crippen LogP contribution in [0.15, 0.2) is 23.0 Å². The van der Waals surface area contributed by atoms with Crippen LogP contribution in [0, 0.1) is 0 Å². The van der Waals surface area contributed by atoms with Crippen molar-refractivity contribution in [3.8, 4) is 0 Å². The first-order chi connectivity index (χ1) is 4.58. The zero-order chi connectivity index (χ0) is 7.61. The van der Waals surface area contributed by atoms with E-state index in [4.69, 9.17) is 0 Å². The van der Waals surface area contributed by atoms with Crippen LogP contribution in [0.1, 0.15) is 5.56 Å². The second-order valence-corrected chi connectivity index (χ2v) is 1.92. The number of hydrogen-bond acceptors (Lipinski definition) is 1. The van der Waals surface area contributed by atoms with Crippen molar-refractivity contribution in [3.05, 3.63) is 24.2 Å². The number of rotatable bonds is 1. The van der Waals surface area contributed by atoms with Crippen LogP contribution < -0.4 is 0 Å². The van der Waals surface area contributed by atoms with E-state index in [2.05, 4.69) is 4.42 Å². The van der Waals surface area contributed by atoms with Gasteiger partial charge in [-0.3, -0.25) is 0 Å². The fourth-order valence-corrected chi connectivity index (χ4v) is 0.625. The average molecular weight is 150 g/mol. The van der Waals surface area contributed by atoms with Crippen molar-refractivity contribution in [1.82, 2.24) is 0 Å². The lowest BCUT2D eigenvalue weighted by Gasteiger charge is -2.01. The molecule has 10 heavy (non-hydrogen) atoms. The Kier molecular flexibility index (Phi) is 1.70. The minimum atomic E-state index is -4.14. The van der Waals surface area contributed by atoms with Crippen LogP contribution in [0.3, 0.4) is 0 Å². The number of furan rings is 1. The lowest BCUT2D eigenvalue weighted by atomic mass is 10.2. The molecule has 0 radical (unpaired) electrons. The lowest BCUT2D eigenvalue weighted by Crippen LogP contribution is -2.10. The van der Waals surface area contributed by atoms with Gasteiger partial charge < -0.3 is 4.42 Å². The molecule has 1 heterocycles. The molecule has 56 valence electrons. The summed E-state index contributed by atoms with van der Waals surface area (Å²) in [5, 5.41) is 0. The van der Waals surface area contributed by atoms with Crippen LogP contribution in [-0.4, -0.2) is 6.18 Å². The molecule has 0 saturated heterocycles. The zero-order valence-electron chi connectivity index (χ0n) is 4.98. The molecule has 0 aliphatic carbocycles. The number of hydrogen-bond donors (Lipinski definition) is 0. The van der Waals surface area contributed by atoms with Crippen molar-refractivity contribution < 1.29 is 17.6 Å². The Hall–Kier alpha value is -0.930. The first-order valence-corrected chi connectivity index (χ1v) is 2.66. The topological polar surface area (TPSA) is 13.1 Å². The molecule has 4 heteroatoms. The van der Waals surface area contributed by atoms with Gasteiger partial charge in [0.25, 0.3) is 0 Å². The standard InChI is InChI=1S/C6H5F3O/c7-6(8,9)3-5-1-2-10-4-5/h1-2,4H,3H2. The summed E-state index contributed by atoms with van der Waals surface area (Å²) in [4.78, 5) is 0. The van der Waals surface area contributed by atoms with E-state index in [-0.39, 0.29) is 5.56 Å². The van der Waals surface area contributed by atoms with Crippen LogP contribution in [0.4, 0.5) is 13.2 Å². The van der Waals surface area contributed by atoms with Crippen LogP contribution >= 0.6 is 0 Å². The highest BCUT2D eigenvalue weighted by atomic mass is 19.4. The predicted octanol–water partition coefficient (Wildman–Crippen LogP) is 2.38. The van der Waals surface area contributed by atoms with Crippen molar-refractivity contribution in [1.29, 1.82) is 0 Å². The SMILES string of the molecule is FC(F)(F)Cc1ccoc1. The number of halogens is 3. The van der Waals surface area contributed by atoms with Gasteiger partial charge in [0.2, 0.25) is 0 Å². The van der Waals surface area contributed by atoms with Crippen LogP contribution in [0.5, 0.6) is 0 Å². The third-order valence-electron chi connectivity index (χ3n) is 0.985. The molecule has 0 bridgehead atoms. The summed E-state index contributed by atoms with van der Waals surface area (Å²) >= 11 is 0. The molecule has 0 aromatic carbocycles. The van der Waals surface area contributed by atoms with E-state index in [1.54, 1.807) is 0 Å². The highest BCUT2D eigenvalue weighted by molar-refractivity contribution is 5.06. The van der Waals surface area contributed by atoms with E-state index in [1.807, 2.05) is 0 Å². The summed E-state index contributed by atoms with van der Waals surface area (Å²) in [6.07, 6.45) is -2.73. The third-order valence-corrected chi connectivity index (χ3v) is 0.985. The Labute approximate surface area is 55.5 Å². The summed E-state index contributed by atoms with van der Waals surface area (Å²) in [6.45, 7) is 0. The maximum atomic E-state index is 11.6. The van der Waals surface area contributed by atoms with Gasteiger partial charge in [-0.05, 0) is 11.6 Å². The maximum Gasteiger partial charge on any atom is 0.393 e. The molecular weight excluding hydrogens is 145 g/mol. The van der Waals surface area contributed by atoms with E-state index < -0.39 is 12.6 Å². The maximum absolute atomic E-state index is 11.6. The van der Waals surface area contributed by atoms with Crippen molar-refractivity contribution in [2.45, 2.75) is 12.6 Å². The Morgan fingerprint density at radius 3 is 2.50 bits per heavy atom. The smallest absolute Gasteiger partial charge is 0.393 e. The Balaban J connectivity index is 2.57. The first-order valence-electron chi connectivity index (χ1n) is 2.66. The van der Waals surface area contributed by atoms with Crippen LogP contribution in [-0.2, 0) is 6.42 Å². The van der Waals surface area contributed by atoms with Crippen molar-refractivity contribution in [2.75, 3.05) is 0 Å². The fraction of sp³-hybridized carbons (Fsp3) is 0.333. The molecule has 1 aromatic heterocycles. The highest BCUT2D eigenvalue weighted by Gasteiger charge is 2.27. The minimum absolute atomic E-state index is 0.160. The third kappa shape index (κ3) is 2.13. The van der Waals surface area contributed by atoms with Gasteiger partial charge in [-0.15, -0.1) is 0 Å². The van der Waals surface area contributed by atoms with Gasteiger partial charge >= 0.3 is 6.18 Å². The molecule has 0 spiro atoms. The molecule has 1 nitrogen and oxygen atoms in total. The van der Waals surface area contributed by atoms with Gasteiger partial charge in [-0.2, -0.15) is 13.2 Å². The number of alkyl halides is 3. The molecule has 1 rings (SSSR count). The highest BCUT2D eigenvalue weighted by Crippen LogP contribution is 2.20. The van der Waals surface area contributed by atoms with E-state index in [0.29, 0.717) is 0 Å². The molecule has 0 saturated carbocycles. The van der Waals surface area contributed by atoms with Gasteiger partial charge in [-0.25, -0.2) is 0 Å². The first kappa shape index (κ1) is 7.18. The second kappa shape index (κ2) is 2.36. The van der Waals surface area contributed by atoms with Gasteiger partial charge in [0, 0.05) is 0 Å². The predicted molar refractivity (Wildman–Crippen MR) is 28.5 cm³/mol. The summed E-state index contributed by atoms with van der Waals surface area (Å²) in [5.41, 5.74) is 0.160. The second-order valence-electron chi connectivity index (χ2n) is 1.92. The molecule has 0 atom stereocenters. The molecule has 1 aromatic rings. The molecule has 0 N–H and O–H groups in total. The molecule has 0 unspecified atom stereocenters. The largest absolute Gasteiger partial charge is 0.472 e. The summed E-state index contributed by atoms with van der Waals surface area (Å²) in [7, 11) is 0. The molecule has 0 fully saturated rings. The van der Waals surface area contributed by atoms with Gasteiger partial charge in [0.05, 0.1) is 18.9 Å². The van der Waals surface area contributed by atoms with Crippen molar-refractivity contribution in [2.24, 2.45) is 0 Å². The van der Waals surface area contributed by atoms with Gasteiger partial charge in [0.15, 0.2) is 0 Å². The van der Waals surface area contributed by atoms with E-state index in [0.717, 1.165) is 6.26 Å². The van der Waals surface area contributed by atoms with Crippen LogP contribution in [0.25, 0.3) is 0 Å². The van der Waals surface area contributed by atoms with Gasteiger partial charge in [0.1, 0.15) is 0 Å². The van der Waals surface area contributed by atoms with E-state index >= 15 is 0 Å². The Morgan fingerprint density at radius 1 is 1.40 bits per heavy atom. The van der Waals surface area contributed by atoms with Crippen molar-refractivity contribution >= 4 is 0 Å². The summed E-state index contributed by atoms with van der Waals surface area (Å²) < 4.78 is 39.2. The van der Waals surface area contributed by atoms with Crippen molar-refractivity contribution in [3.63, 3.8) is 0 Å². The fourth-order valence-electron chi connectivity index (χ4n) is 0.625. The monoisotopic (exact) mass is 150 g/mol. The molecular formula is C6H5F3O. The minimum Gasteiger partial charge on any atom is -0.472 e. The van der Waals surface area contributed by atoms with Gasteiger partial charge in [-0.1, -0.05) is 0 Å². The van der Waals surface area contributed by atoms with E-state index in [9.17, 15) is 13.2 Å². The molecule has 0 aliphatic heterocycles. The van der Waals surface area contributed by atoms with E-state index in [1.165, 1.54) is 12.3 Å². The normalized spacial score (nSPS) is 11.9. The zero-order valence-corrected chi connectivity index (χ0v) is 4.98. The Bertz CT molecular complexity index is 187. The average Bonchev–Trinajstić information content (AvgIpc) is 2.12. The summed E-state index contributed by atoms with van der Waals surface area (Å²) in [6, 6.07) is 1.30. The lowest BCUT2D eigenvalue weighted by molar-refractivity contribution is -0.127. The Morgan fingerprint density at radius 2 is 2.10 bits per heavy atom.